The van der Waals surface area contributed by atoms with Crippen molar-refractivity contribution in [1.82, 2.24) is 14.1 Å². The van der Waals surface area contributed by atoms with Gasteiger partial charge in [0.2, 0.25) is 15.9 Å². The second-order valence-corrected chi connectivity index (χ2v) is 8.31. The van der Waals surface area contributed by atoms with Crippen LogP contribution in [0.4, 0.5) is 0 Å². The van der Waals surface area contributed by atoms with Crippen LogP contribution < -0.4 is 0 Å². The zero-order valence-corrected chi connectivity index (χ0v) is 16.4. The number of benzene rings is 1. The van der Waals surface area contributed by atoms with Crippen LogP contribution in [0, 0.1) is 0 Å². The zero-order chi connectivity index (χ0) is 18.4. The highest BCUT2D eigenvalue weighted by Crippen LogP contribution is 2.25. The topological polar surface area (TPSA) is 60.9 Å². The summed E-state index contributed by atoms with van der Waals surface area (Å²) in [5, 5.41) is 0.222. The summed E-state index contributed by atoms with van der Waals surface area (Å²) in [6.45, 7) is 8.17. The van der Waals surface area contributed by atoms with Gasteiger partial charge >= 0.3 is 0 Å². The second-order valence-electron chi connectivity index (χ2n) is 5.99. The predicted molar refractivity (Wildman–Crippen MR) is 99.2 cm³/mol. The van der Waals surface area contributed by atoms with Gasteiger partial charge in [0.05, 0.1) is 5.02 Å². The predicted octanol–water partition coefficient (Wildman–Crippen LogP) is 1.90. The molecule has 1 aromatic carbocycles. The highest BCUT2D eigenvalue weighted by atomic mass is 35.5. The quantitative estimate of drug-likeness (QED) is 0.717. The minimum Gasteiger partial charge on any atom is -0.340 e. The summed E-state index contributed by atoms with van der Waals surface area (Å²) >= 11 is 6.03. The fourth-order valence-corrected chi connectivity index (χ4v) is 4.84. The molecule has 0 radical (unpaired) electrons. The lowest BCUT2D eigenvalue weighted by molar-refractivity contribution is -0.132. The van der Waals surface area contributed by atoms with Crippen molar-refractivity contribution in [3.05, 3.63) is 29.3 Å². The number of sulfonamides is 1. The van der Waals surface area contributed by atoms with Gasteiger partial charge in [-0.15, -0.1) is 0 Å². The summed E-state index contributed by atoms with van der Waals surface area (Å²) in [7, 11) is -3.62. The Bertz CT molecular complexity index is 684. The van der Waals surface area contributed by atoms with E-state index >= 15 is 0 Å². The van der Waals surface area contributed by atoms with Crippen molar-refractivity contribution in [1.29, 1.82) is 0 Å². The number of rotatable bonds is 7. The van der Waals surface area contributed by atoms with E-state index in [0.29, 0.717) is 32.6 Å². The molecule has 25 heavy (non-hydrogen) atoms. The van der Waals surface area contributed by atoms with E-state index in [1.165, 1.54) is 10.4 Å². The van der Waals surface area contributed by atoms with Crippen molar-refractivity contribution in [2.45, 2.75) is 25.2 Å². The van der Waals surface area contributed by atoms with Crippen LogP contribution in [-0.4, -0.2) is 74.2 Å². The van der Waals surface area contributed by atoms with E-state index in [-0.39, 0.29) is 15.8 Å². The van der Waals surface area contributed by atoms with Gasteiger partial charge in [-0.2, -0.15) is 4.31 Å². The van der Waals surface area contributed by atoms with Gasteiger partial charge in [-0.05, 0) is 25.2 Å². The minimum absolute atomic E-state index is 0.0849. The molecule has 1 aliphatic heterocycles. The molecule has 0 spiro atoms. The van der Waals surface area contributed by atoms with E-state index < -0.39 is 10.0 Å². The molecule has 0 bridgehead atoms. The summed E-state index contributed by atoms with van der Waals surface area (Å²) < 4.78 is 26.8. The Hall–Kier alpha value is -1.15. The van der Waals surface area contributed by atoms with Crippen molar-refractivity contribution in [3.63, 3.8) is 0 Å². The SMILES string of the molecule is CCN(CC)CCC(=O)N1CCN(S(=O)(=O)c2ccccc2Cl)CC1. The number of carbonyl (C=O) groups is 1. The molecule has 140 valence electrons. The molecular formula is C17H26ClN3O3S. The Labute approximate surface area is 155 Å². The molecule has 2 rings (SSSR count). The largest absolute Gasteiger partial charge is 0.340 e. The highest BCUT2D eigenvalue weighted by Gasteiger charge is 2.31. The van der Waals surface area contributed by atoms with Gasteiger partial charge in [-0.3, -0.25) is 4.79 Å². The Morgan fingerprint density at radius 3 is 2.28 bits per heavy atom. The summed E-state index contributed by atoms with van der Waals surface area (Å²) in [6, 6.07) is 6.44. The Kier molecular flexibility index (Phi) is 7.25. The van der Waals surface area contributed by atoms with Gasteiger partial charge in [-0.1, -0.05) is 37.6 Å². The molecule has 6 nitrogen and oxygen atoms in total. The fraction of sp³-hybridized carbons (Fsp3) is 0.588. The first-order chi connectivity index (χ1) is 11.9. The minimum atomic E-state index is -3.62. The third-order valence-corrected chi connectivity index (χ3v) is 6.98. The molecule has 1 heterocycles. The molecular weight excluding hydrogens is 362 g/mol. The highest BCUT2D eigenvalue weighted by molar-refractivity contribution is 7.89. The van der Waals surface area contributed by atoms with E-state index in [0.717, 1.165) is 19.6 Å². The van der Waals surface area contributed by atoms with Gasteiger partial charge in [0.15, 0.2) is 0 Å². The van der Waals surface area contributed by atoms with E-state index in [4.69, 9.17) is 11.6 Å². The molecule has 1 aromatic rings. The Morgan fingerprint density at radius 1 is 1.12 bits per heavy atom. The third kappa shape index (κ3) is 4.94. The standard InChI is InChI=1S/C17H26ClN3O3S/c1-3-19(4-2)10-9-17(22)20-11-13-21(14-12-20)25(23,24)16-8-6-5-7-15(16)18/h5-8H,3-4,9-14H2,1-2H3. The molecule has 0 atom stereocenters. The molecule has 8 heteroatoms. The van der Waals surface area contributed by atoms with Gasteiger partial charge < -0.3 is 9.80 Å². The lowest BCUT2D eigenvalue weighted by Crippen LogP contribution is -2.50. The molecule has 0 unspecified atom stereocenters. The first kappa shape index (κ1) is 20.2. The van der Waals surface area contributed by atoms with Crippen LogP contribution >= 0.6 is 11.6 Å². The zero-order valence-electron chi connectivity index (χ0n) is 14.8. The molecule has 0 N–H and O–H groups in total. The number of halogens is 1. The molecule has 0 saturated carbocycles. The van der Waals surface area contributed by atoms with E-state index in [9.17, 15) is 13.2 Å². The van der Waals surface area contributed by atoms with Crippen LogP contribution in [0.1, 0.15) is 20.3 Å². The number of carbonyl (C=O) groups excluding carboxylic acids is 1. The lowest BCUT2D eigenvalue weighted by Gasteiger charge is -2.34. The normalized spacial score (nSPS) is 16.4. The monoisotopic (exact) mass is 387 g/mol. The van der Waals surface area contributed by atoms with Crippen LogP contribution in [0.15, 0.2) is 29.2 Å². The number of hydrogen-bond acceptors (Lipinski definition) is 4. The van der Waals surface area contributed by atoms with E-state index in [1.54, 1.807) is 23.1 Å². The van der Waals surface area contributed by atoms with Gasteiger partial charge in [0.25, 0.3) is 0 Å². The van der Waals surface area contributed by atoms with Crippen LogP contribution in [0.3, 0.4) is 0 Å². The average molecular weight is 388 g/mol. The van der Waals surface area contributed by atoms with Crippen molar-refractivity contribution in [2.24, 2.45) is 0 Å². The Morgan fingerprint density at radius 2 is 1.72 bits per heavy atom. The molecule has 1 saturated heterocycles. The molecule has 0 aromatic heterocycles. The summed E-state index contributed by atoms with van der Waals surface area (Å²) in [6.07, 6.45) is 0.471. The van der Waals surface area contributed by atoms with Crippen LogP contribution in [0.25, 0.3) is 0 Å². The number of amides is 1. The lowest BCUT2D eigenvalue weighted by atomic mass is 10.3. The molecule has 1 amide bonds. The number of piperazine rings is 1. The molecule has 1 fully saturated rings. The smallest absolute Gasteiger partial charge is 0.244 e. The van der Waals surface area contributed by atoms with E-state index in [1.807, 2.05) is 0 Å². The first-order valence-electron chi connectivity index (χ1n) is 8.65. The van der Waals surface area contributed by atoms with Crippen LogP contribution in [-0.2, 0) is 14.8 Å². The number of nitrogens with zero attached hydrogens (tertiary/aromatic N) is 3. The van der Waals surface area contributed by atoms with Gasteiger partial charge in [0, 0.05) is 39.1 Å². The van der Waals surface area contributed by atoms with Crippen molar-refractivity contribution >= 4 is 27.5 Å². The Balaban J connectivity index is 1.93. The molecule has 1 aliphatic rings. The maximum Gasteiger partial charge on any atom is 0.244 e. The van der Waals surface area contributed by atoms with Crippen molar-refractivity contribution in [2.75, 3.05) is 45.8 Å². The van der Waals surface area contributed by atoms with Gasteiger partial charge in [0.1, 0.15) is 4.90 Å². The van der Waals surface area contributed by atoms with Crippen LogP contribution in [0.5, 0.6) is 0 Å². The van der Waals surface area contributed by atoms with Crippen molar-refractivity contribution in [3.8, 4) is 0 Å². The first-order valence-corrected chi connectivity index (χ1v) is 10.5. The maximum atomic E-state index is 12.7. The third-order valence-electron chi connectivity index (χ3n) is 4.58. The summed E-state index contributed by atoms with van der Waals surface area (Å²) in [4.78, 5) is 16.4. The number of hydrogen-bond donors (Lipinski definition) is 0. The summed E-state index contributed by atoms with van der Waals surface area (Å²) in [5.41, 5.74) is 0. The van der Waals surface area contributed by atoms with E-state index in [2.05, 4.69) is 18.7 Å². The van der Waals surface area contributed by atoms with Crippen LogP contribution in [0.2, 0.25) is 5.02 Å². The average Bonchev–Trinajstić information content (AvgIpc) is 2.62. The van der Waals surface area contributed by atoms with Gasteiger partial charge in [-0.25, -0.2) is 8.42 Å². The van der Waals surface area contributed by atoms with Crippen molar-refractivity contribution < 1.29 is 13.2 Å². The fourth-order valence-electron chi connectivity index (χ4n) is 2.92. The summed E-state index contributed by atoms with van der Waals surface area (Å²) in [5.74, 6) is 0.0849. The molecule has 0 aliphatic carbocycles. The maximum absolute atomic E-state index is 12.7. The second kappa shape index (κ2) is 8.98.